The minimum absolute atomic E-state index is 0.107. The average molecular weight is 223 g/mol. The zero-order valence-corrected chi connectivity index (χ0v) is 9.38. The van der Waals surface area contributed by atoms with E-state index < -0.39 is 0 Å². The van der Waals surface area contributed by atoms with Gasteiger partial charge in [0.25, 0.3) is 5.56 Å². The molecular formula is C11H11ClN2O. The van der Waals surface area contributed by atoms with Crippen LogP contribution in [0.2, 0.25) is 5.15 Å². The van der Waals surface area contributed by atoms with Gasteiger partial charge in [0, 0.05) is 12.4 Å². The number of rotatable bonds is 1. The van der Waals surface area contributed by atoms with E-state index in [1.807, 2.05) is 19.1 Å². The topological polar surface area (TPSA) is 34.9 Å². The molecule has 1 heterocycles. The first kappa shape index (κ1) is 10.2. The van der Waals surface area contributed by atoms with Crippen molar-refractivity contribution in [2.75, 3.05) is 0 Å². The van der Waals surface area contributed by atoms with Gasteiger partial charge in [0.05, 0.1) is 5.39 Å². The lowest BCUT2D eigenvalue weighted by molar-refractivity contribution is 0.718. The molecule has 4 heteroatoms. The van der Waals surface area contributed by atoms with E-state index in [4.69, 9.17) is 11.6 Å². The predicted molar refractivity (Wildman–Crippen MR) is 61.4 cm³/mol. The first-order valence-corrected chi connectivity index (χ1v) is 5.17. The van der Waals surface area contributed by atoms with E-state index in [-0.39, 0.29) is 5.56 Å². The molecule has 1 aromatic heterocycles. The summed E-state index contributed by atoms with van der Waals surface area (Å²) in [6.07, 6.45) is 0.839. The average Bonchev–Trinajstić information content (AvgIpc) is 2.25. The largest absolute Gasteiger partial charge is 0.274 e. The number of benzene rings is 1. The Kier molecular flexibility index (Phi) is 2.49. The van der Waals surface area contributed by atoms with Crippen LogP contribution in [0.4, 0.5) is 0 Å². The number of nitrogens with zero attached hydrogens (tertiary/aromatic N) is 2. The molecule has 0 aliphatic heterocycles. The van der Waals surface area contributed by atoms with E-state index >= 15 is 0 Å². The Morgan fingerprint density at radius 3 is 2.87 bits per heavy atom. The van der Waals surface area contributed by atoms with Crippen molar-refractivity contribution in [3.63, 3.8) is 0 Å². The molecule has 0 saturated carbocycles. The second kappa shape index (κ2) is 3.66. The van der Waals surface area contributed by atoms with Crippen molar-refractivity contribution in [1.29, 1.82) is 0 Å². The standard InChI is InChI=1S/C11H11ClN2O/c1-3-7-5-4-6-8-9(7)10(12)13-14(2)11(8)15/h4-6H,3H2,1-2H3. The number of aryl methyl sites for hydroxylation is 2. The van der Waals surface area contributed by atoms with Crippen molar-refractivity contribution >= 4 is 22.4 Å². The maximum atomic E-state index is 11.8. The molecule has 0 amide bonds. The molecule has 0 aliphatic carbocycles. The summed E-state index contributed by atoms with van der Waals surface area (Å²) < 4.78 is 1.27. The molecule has 1 aromatic carbocycles. The smallest absolute Gasteiger partial charge is 0.267 e. The quantitative estimate of drug-likeness (QED) is 0.741. The summed E-state index contributed by atoms with van der Waals surface area (Å²) in [4.78, 5) is 11.8. The Bertz CT molecular complexity index is 575. The van der Waals surface area contributed by atoms with E-state index in [1.54, 1.807) is 13.1 Å². The normalized spacial score (nSPS) is 10.9. The van der Waals surface area contributed by atoms with Gasteiger partial charge in [0.15, 0.2) is 5.15 Å². The first-order valence-electron chi connectivity index (χ1n) is 4.79. The Morgan fingerprint density at radius 2 is 2.20 bits per heavy atom. The highest BCUT2D eigenvalue weighted by Gasteiger charge is 2.09. The minimum Gasteiger partial charge on any atom is -0.267 e. The number of hydrogen-bond donors (Lipinski definition) is 0. The van der Waals surface area contributed by atoms with Crippen LogP contribution in [0.3, 0.4) is 0 Å². The van der Waals surface area contributed by atoms with Crippen LogP contribution in [0.1, 0.15) is 12.5 Å². The van der Waals surface area contributed by atoms with Gasteiger partial charge >= 0.3 is 0 Å². The third-order valence-corrected chi connectivity index (χ3v) is 2.76. The summed E-state index contributed by atoms with van der Waals surface area (Å²) in [5.41, 5.74) is 0.951. The summed E-state index contributed by atoms with van der Waals surface area (Å²) in [7, 11) is 1.60. The highest BCUT2D eigenvalue weighted by Crippen LogP contribution is 2.22. The van der Waals surface area contributed by atoms with Crippen molar-refractivity contribution in [3.8, 4) is 0 Å². The van der Waals surface area contributed by atoms with E-state index in [9.17, 15) is 4.79 Å². The molecule has 0 unspecified atom stereocenters. The number of fused-ring (bicyclic) bond motifs is 1. The van der Waals surface area contributed by atoms with Gasteiger partial charge in [-0.05, 0) is 18.1 Å². The fraction of sp³-hybridized carbons (Fsp3) is 0.273. The summed E-state index contributed by atoms with van der Waals surface area (Å²) in [5, 5.41) is 5.79. The minimum atomic E-state index is -0.107. The van der Waals surface area contributed by atoms with E-state index in [1.165, 1.54) is 4.68 Å². The second-order valence-corrected chi connectivity index (χ2v) is 3.77. The molecule has 0 bridgehead atoms. The van der Waals surface area contributed by atoms with Gasteiger partial charge in [-0.15, -0.1) is 0 Å². The highest BCUT2D eigenvalue weighted by atomic mass is 35.5. The molecule has 2 aromatic rings. The molecule has 2 rings (SSSR count). The van der Waals surface area contributed by atoms with E-state index in [0.29, 0.717) is 10.5 Å². The second-order valence-electron chi connectivity index (χ2n) is 3.41. The van der Waals surface area contributed by atoms with Crippen molar-refractivity contribution in [2.45, 2.75) is 13.3 Å². The zero-order valence-electron chi connectivity index (χ0n) is 8.62. The van der Waals surface area contributed by atoms with Crippen molar-refractivity contribution in [3.05, 3.63) is 39.3 Å². The van der Waals surface area contributed by atoms with E-state index in [2.05, 4.69) is 5.10 Å². The van der Waals surface area contributed by atoms with Crippen LogP contribution in [0.5, 0.6) is 0 Å². The van der Waals surface area contributed by atoms with E-state index in [0.717, 1.165) is 17.4 Å². The molecule has 0 atom stereocenters. The maximum absolute atomic E-state index is 11.8. The molecule has 0 spiro atoms. The maximum Gasteiger partial charge on any atom is 0.274 e. The number of halogens is 1. The zero-order chi connectivity index (χ0) is 11.0. The highest BCUT2D eigenvalue weighted by molar-refractivity contribution is 6.34. The molecule has 0 saturated heterocycles. The lowest BCUT2D eigenvalue weighted by atomic mass is 10.1. The van der Waals surface area contributed by atoms with Gasteiger partial charge < -0.3 is 0 Å². The van der Waals surface area contributed by atoms with Crippen LogP contribution in [0, 0.1) is 0 Å². The van der Waals surface area contributed by atoms with Gasteiger partial charge in [-0.25, -0.2) is 4.68 Å². The number of aromatic nitrogens is 2. The molecule has 0 N–H and O–H groups in total. The summed E-state index contributed by atoms with van der Waals surface area (Å²) in [5.74, 6) is 0. The molecule has 3 nitrogen and oxygen atoms in total. The molecule has 0 fully saturated rings. The van der Waals surface area contributed by atoms with Gasteiger partial charge in [0.1, 0.15) is 0 Å². The summed E-state index contributed by atoms with van der Waals surface area (Å²) in [6, 6.07) is 5.62. The third kappa shape index (κ3) is 1.53. The van der Waals surface area contributed by atoms with Gasteiger partial charge in [-0.1, -0.05) is 30.7 Å². The summed E-state index contributed by atoms with van der Waals surface area (Å²) in [6.45, 7) is 2.03. The Balaban J connectivity index is 3.02. The van der Waals surface area contributed by atoms with Crippen LogP contribution in [0.15, 0.2) is 23.0 Å². The Morgan fingerprint density at radius 1 is 1.47 bits per heavy atom. The third-order valence-electron chi connectivity index (χ3n) is 2.50. The van der Waals surface area contributed by atoms with Crippen molar-refractivity contribution < 1.29 is 0 Å². The van der Waals surface area contributed by atoms with Crippen LogP contribution in [-0.2, 0) is 13.5 Å². The molecular weight excluding hydrogens is 212 g/mol. The fourth-order valence-electron chi connectivity index (χ4n) is 1.72. The predicted octanol–water partition coefficient (Wildman–Crippen LogP) is 2.15. The SMILES string of the molecule is CCc1cccc2c(=O)n(C)nc(Cl)c12. The Hall–Kier alpha value is -1.35. The van der Waals surface area contributed by atoms with Crippen molar-refractivity contribution in [1.82, 2.24) is 9.78 Å². The lowest BCUT2D eigenvalue weighted by Crippen LogP contribution is -2.20. The fourth-order valence-corrected chi connectivity index (χ4v) is 2.05. The van der Waals surface area contributed by atoms with Crippen LogP contribution < -0.4 is 5.56 Å². The first-order chi connectivity index (χ1) is 7.15. The molecule has 15 heavy (non-hydrogen) atoms. The van der Waals surface area contributed by atoms with Crippen LogP contribution in [-0.4, -0.2) is 9.78 Å². The summed E-state index contributed by atoms with van der Waals surface area (Å²) >= 11 is 6.05. The van der Waals surface area contributed by atoms with Gasteiger partial charge in [-0.2, -0.15) is 5.10 Å². The van der Waals surface area contributed by atoms with Crippen LogP contribution in [0.25, 0.3) is 10.8 Å². The molecule has 0 radical (unpaired) electrons. The lowest BCUT2D eigenvalue weighted by Gasteiger charge is -2.06. The van der Waals surface area contributed by atoms with Gasteiger partial charge in [-0.3, -0.25) is 4.79 Å². The molecule has 78 valence electrons. The Labute approximate surface area is 92.3 Å². The van der Waals surface area contributed by atoms with Crippen LogP contribution >= 0.6 is 11.6 Å². The molecule has 0 aliphatic rings. The van der Waals surface area contributed by atoms with Gasteiger partial charge in [0.2, 0.25) is 0 Å². The van der Waals surface area contributed by atoms with Crippen molar-refractivity contribution in [2.24, 2.45) is 7.05 Å². The number of hydrogen-bond acceptors (Lipinski definition) is 2. The monoisotopic (exact) mass is 222 g/mol.